The maximum atomic E-state index is 11.5. The number of sulfone groups is 1. The van der Waals surface area contributed by atoms with Gasteiger partial charge in [-0.25, -0.2) is 17.9 Å². The first-order valence-electron chi connectivity index (χ1n) is 7.90. The number of aromatic nitrogens is 2. The van der Waals surface area contributed by atoms with Gasteiger partial charge in [-0.05, 0) is 10.3 Å². The summed E-state index contributed by atoms with van der Waals surface area (Å²) < 4.78 is 26.8. The van der Waals surface area contributed by atoms with Crippen LogP contribution in [0.25, 0.3) is 4.85 Å². The maximum Gasteiger partial charge on any atom is 0.235 e. The van der Waals surface area contributed by atoms with E-state index in [2.05, 4.69) is 25.6 Å². The zero-order valence-electron chi connectivity index (χ0n) is 14.8. The molecule has 1 heterocycles. The number of amides is 1. The minimum atomic E-state index is -3.38. The van der Waals surface area contributed by atoms with E-state index in [1.807, 2.05) is 0 Å². The van der Waals surface area contributed by atoms with Crippen molar-refractivity contribution in [3.8, 4) is 0 Å². The number of oxime groups is 1. The van der Waals surface area contributed by atoms with Gasteiger partial charge in [0.15, 0.2) is 26.2 Å². The highest BCUT2D eigenvalue weighted by molar-refractivity contribution is 7.99. The Kier molecular flexibility index (Phi) is 7.53. The van der Waals surface area contributed by atoms with Gasteiger partial charge in [-0.2, -0.15) is 0 Å². The topological polar surface area (TPSA) is 139 Å². The fourth-order valence-corrected chi connectivity index (χ4v) is 3.53. The maximum absolute atomic E-state index is 11.5. The average Bonchev–Trinajstić information content (AvgIpc) is 3.10. The second-order valence-electron chi connectivity index (χ2n) is 5.69. The Morgan fingerprint density at radius 3 is 2.89 bits per heavy atom. The van der Waals surface area contributed by atoms with Gasteiger partial charge >= 0.3 is 0 Å². The summed E-state index contributed by atoms with van der Waals surface area (Å²) in [6.45, 7) is 7.27. The molecule has 0 bridgehead atoms. The largest absolute Gasteiger partial charge is 0.411 e. The van der Waals surface area contributed by atoms with E-state index in [-0.39, 0.29) is 24.4 Å². The van der Waals surface area contributed by atoms with E-state index in [4.69, 9.17) is 11.2 Å². The van der Waals surface area contributed by atoms with Gasteiger partial charge < -0.3 is 10.5 Å². The van der Waals surface area contributed by atoms with Crippen LogP contribution in [0.1, 0.15) is 11.3 Å². The second-order valence-corrected chi connectivity index (χ2v) is 8.92. The molecule has 0 aliphatic carbocycles. The highest BCUT2D eigenvalue weighted by Gasteiger charge is 2.18. The van der Waals surface area contributed by atoms with Gasteiger partial charge in [0.2, 0.25) is 5.91 Å². The lowest BCUT2D eigenvalue weighted by atomic mass is 10.1. The van der Waals surface area contributed by atoms with Crippen LogP contribution < -0.4 is 5.32 Å². The molecule has 10 nitrogen and oxygen atoms in total. The van der Waals surface area contributed by atoms with E-state index in [0.29, 0.717) is 16.5 Å². The SMILES string of the molecule is [C-]#[N+]c1cccc(CC(=NO)c2nonc2SCCNC(=O)CS(C)(=O)=O)c1. The molecule has 1 aromatic carbocycles. The zero-order valence-corrected chi connectivity index (χ0v) is 16.5. The van der Waals surface area contributed by atoms with Gasteiger partial charge in [-0.1, -0.05) is 46.7 Å². The molecule has 2 N–H and O–H groups in total. The number of nitrogens with one attached hydrogen (secondary N) is 1. The lowest BCUT2D eigenvalue weighted by molar-refractivity contribution is -0.118. The van der Waals surface area contributed by atoms with E-state index in [0.717, 1.165) is 11.8 Å². The van der Waals surface area contributed by atoms with Crippen molar-refractivity contribution in [2.24, 2.45) is 5.16 Å². The standard InChI is InChI=1S/C16H17N5O5S2/c1-17-12-5-3-4-11(8-12)9-13(19-23)15-16(21-26-20-15)27-7-6-18-14(22)10-28(2,24)25/h3-5,8,23H,6-7,9-10H2,2H3,(H,18,22). The molecular formula is C16H17N5O5S2. The molecule has 0 fully saturated rings. The van der Waals surface area contributed by atoms with Crippen LogP contribution >= 0.6 is 11.8 Å². The van der Waals surface area contributed by atoms with Crippen LogP contribution in [-0.2, 0) is 21.1 Å². The molecule has 0 saturated carbocycles. The van der Waals surface area contributed by atoms with Crippen molar-refractivity contribution in [2.75, 3.05) is 24.3 Å². The van der Waals surface area contributed by atoms with Crippen molar-refractivity contribution in [3.05, 3.63) is 46.9 Å². The zero-order chi connectivity index (χ0) is 20.6. The molecule has 1 amide bonds. The van der Waals surface area contributed by atoms with Gasteiger partial charge in [0.1, 0.15) is 11.5 Å². The number of hydrogen-bond acceptors (Lipinski definition) is 9. The van der Waals surface area contributed by atoms with Gasteiger partial charge in [0.05, 0.1) is 6.57 Å². The number of thioether (sulfide) groups is 1. The van der Waals surface area contributed by atoms with Crippen molar-refractivity contribution in [1.29, 1.82) is 0 Å². The Hall–Kier alpha value is -2.91. The Labute approximate surface area is 165 Å². The lowest BCUT2D eigenvalue weighted by Crippen LogP contribution is -2.31. The predicted molar refractivity (Wildman–Crippen MR) is 102 cm³/mol. The Bertz CT molecular complexity index is 1010. The molecule has 0 unspecified atom stereocenters. The number of rotatable bonds is 9. The Morgan fingerprint density at radius 2 is 2.21 bits per heavy atom. The van der Waals surface area contributed by atoms with Gasteiger partial charge in [-0.15, -0.1) is 0 Å². The first-order valence-corrected chi connectivity index (χ1v) is 10.9. The van der Waals surface area contributed by atoms with Gasteiger partial charge in [0, 0.05) is 25.0 Å². The third-order valence-electron chi connectivity index (χ3n) is 3.32. The summed E-state index contributed by atoms with van der Waals surface area (Å²) in [6.07, 6.45) is 1.20. The van der Waals surface area contributed by atoms with E-state index >= 15 is 0 Å². The van der Waals surface area contributed by atoms with Crippen molar-refractivity contribution in [1.82, 2.24) is 15.6 Å². The summed E-state index contributed by atoms with van der Waals surface area (Å²) in [6, 6.07) is 6.87. The summed E-state index contributed by atoms with van der Waals surface area (Å²) in [5.41, 5.74) is 1.69. The monoisotopic (exact) mass is 423 g/mol. The molecule has 0 atom stereocenters. The summed E-state index contributed by atoms with van der Waals surface area (Å²) in [7, 11) is -3.38. The molecule has 0 spiro atoms. The quantitative estimate of drug-likeness (QED) is 0.154. The smallest absolute Gasteiger partial charge is 0.235 e. The molecule has 12 heteroatoms. The summed E-state index contributed by atoms with van der Waals surface area (Å²) in [5, 5.41) is 23.0. The van der Waals surface area contributed by atoms with Crippen molar-refractivity contribution in [2.45, 2.75) is 11.4 Å². The van der Waals surface area contributed by atoms with Crippen molar-refractivity contribution < 1.29 is 23.0 Å². The first kappa shape index (κ1) is 21.4. The highest BCUT2D eigenvalue weighted by atomic mass is 32.2. The second kappa shape index (κ2) is 9.86. The van der Waals surface area contributed by atoms with Crippen LogP contribution in [0.3, 0.4) is 0 Å². The Balaban J connectivity index is 1.96. The highest BCUT2D eigenvalue weighted by Crippen LogP contribution is 2.22. The molecule has 148 valence electrons. The minimum Gasteiger partial charge on any atom is -0.411 e. The predicted octanol–water partition coefficient (Wildman–Crippen LogP) is 1.29. The normalized spacial score (nSPS) is 11.8. The summed E-state index contributed by atoms with van der Waals surface area (Å²) in [4.78, 5) is 14.8. The van der Waals surface area contributed by atoms with Crippen LogP contribution in [0.15, 0.2) is 39.1 Å². The van der Waals surface area contributed by atoms with Crippen LogP contribution in [-0.4, -0.2) is 59.9 Å². The van der Waals surface area contributed by atoms with E-state index in [1.54, 1.807) is 24.3 Å². The van der Waals surface area contributed by atoms with Crippen molar-refractivity contribution in [3.63, 3.8) is 0 Å². The third kappa shape index (κ3) is 6.67. The third-order valence-corrected chi connectivity index (χ3v) is 5.06. The molecule has 0 radical (unpaired) electrons. The molecular weight excluding hydrogens is 406 g/mol. The average molecular weight is 423 g/mol. The molecule has 1 aromatic heterocycles. The summed E-state index contributed by atoms with van der Waals surface area (Å²) >= 11 is 1.20. The van der Waals surface area contributed by atoms with Crippen LogP contribution in [0.4, 0.5) is 5.69 Å². The molecule has 0 aliphatic rings. The minimum absolute atomic E-state index is 0.212. The fraction of sp³-hybridized carbons (Fsp3) is 0.312. The van der Waals surface area contributed by atoms with E-state index in [1.165, 1.54) is 11.8 Å². The first-order chi connectivity index (χ1) is 13.3. The molecule has 2 rings (SSSR count). The fourth-order valence-electron chi connectivity index (χ4n) is 2.17. The van der Waals surface area contributed by atoms with Gasteiger partial charge in [0.25, 0.3) is 0 Å². The Morgan fingerprint density at radius 1 is 1.43 bits per heavy atom. The number of carbonyl (C=O) groups excluding carboxylic acids is 1. The van der Waals surface area contributed by atoms with Crippen LogP contribution in [0.2, 0.25) is 0 Å². The van der Waals surface area contributed by atoms with Crippen molar-refractivity contribution >= 4 is 38.9 Å². The van der Waals surface area contributed by atoms with Gasteiger partial charge in [-0.3, -0.25) is 4.79 Å². The number of benzene rings is 1. The molecule has 28 heavy (non-hydrogen) atoms. The lowest BCUT2D eigenvalue weighted by Gasteiger charge is -2.05. The molecule has 2 aromatic rings. The number of nitrogens with zero attached hydrogens (tertiary/aromatic N) is 4. The molecule has 0 aliphatic heterocycles. The number of carbonyl (C=O) groups is 1. The van der Waals surface area contributed by atoms with Crippen LogP contribution in [0, 0.1) is 6.57 Å². The van der Waals surface area contributed by atoms with Crippen LogP contribution in [0.5, 0.6) is 0 Å². The molecule has 0 saturated heterocycles. The summed E-state index contributed by atoms with van der Waals surface area (Å²) in [5.74, 6) is -0.777. The van der Waals surface area contributed by atoms with E-state index < -0.39 is 21.5 Å². The van der Waals surface area contributed by atoms with E-state index in [9.17, 15) is 18.4 Å². The number of hydrogen-bond donors (Lipinski definition) is 2.